The summed E-state index contributed by atoms with van der Waals surface area (Å²) >= 11 is 6.12. The average molecular weight is 333 g/mol. The topological polar surface area (TPSA) is 46.5 Å². The maximum Gasteiger partial charge on any atom is 0.345 e. The molecule has 2 aromatic rings. The van der Waals surface area contributed by atoms with Crippen LogP contribution in [0.4, 0.5) is 0 Å². The van der Waals surface area contributed by atoms with Gasteiger partial charge >= 0.3 is 5.97 Å². The first-order valence-electron chi connectivity index (χ1n) is 7.62. The van der Waals surface area contributed by atoms with Crippen molar-refractivity contribution in [3.05, 3.63) is 64.2 Å². The van der Waals surface area contributed by atoms with Crippen molar-refractivity contribution in [1.29, 1.82) is 0 Å². The van der Waals surface area contributed by atoms with E-state index in [0.717, 1.165) is 16.7 Å². The molecule has 122 valence electrons. The molecule has 0 bridgehead atoms. The molecule has 0 amide bonds. The van der Waals surface area contributed by atoms with Gasteiger partial charge in [-0.3, -0.25) is 0 Å². The Morgan fingerprint density at radius 1 is 1.22 bits per heavy atom. The minimum atomic E-state index is -0.986. The summed E-state index contributed by atoms with van der Waals surface area (Å²) in [5.41, 5.74) is 2.81. The van der Waals surface area contributed by atoms with E-state index in [9.17, 15) is 9.90 Å². The molecule has 2 rings (SSSR count). The first-order chi connectivity index (χ1) is 10.9. The Morgan fingerprint density at radius 2 is 1.91 bits per heavy atom. The monoisotopic (exact) mass is 332 g/mol. The van der Waals surface area contributed by atoms with Crippen molar-refractivity contribution >= 4 is 17.6 Å². The van der Waals surface area contributed by atoms with Crippen LogP contribution in [0, 0.1) is 6.92 Å². The van der Waals surface area contributed by atoms with Gasteiger partial charge in [-0.05, 0) is 41.7 Å². The molecule has 0 heterocycles. The number of para-hydroxylation sites is 1. The van der Waals surface area contributed by atoms with Crippen LogP contribution in [-0.2, 0) is 11.2 Å². The number of hydrogen-bond acceptors (Lipinski definition) is 2. The van der Waals surface area contributed by atoms with Gasteiger partial charge in [-0.2, -0.15) is 0 Å². The number of carbonyl (C=O) groups is 1. The van der Waals surface area contributed by atoms with Crippen LogP contribution in [0.1, 0.15) is 36.5 Å². The number of benzene rings is 2. The maximum absolute atomic E-state index is 11.6. The van der Waals surface area contributed by atoms with E-state index in [1.165, 1.54) is 0 Å². The lowest BCUT2D eigenvalue weighted by atomic mass is 10.0. The Labute approximate surface area is 141 Å². The summed E-state index contributed by atoms with van der Waals surface area (Å²) in [6.45, 7) is 6.02. The Hall–Kier alpha value is -2.00. The molecule has 0 aliphatic carbocycles. The highest BCUT2D eigenvalue weighted by Crippen LogP contribution is 2.27. The molecule has 2 aromatic carbocycles. The molecule has 0 fully saturated rings. The van der Waals surface area contributed by atoms with Crippen molar-refractivity contribution in [2.24, 2.45) is 0 Å². The van der Waals surface area contributed by atoms with E-state index < -0.39 is 12.1 Å². The average Bonchev–Trinajstić information content (AvgIpc) is 2.50. The summed E-state index contributed by atoms with van der Waals surface area (Å²) in [4.78, 5) is 11.6. The molecule has 0 spiro atoms. The molecule has 0 radical (unpaired) electrons. The molecule has 0 saturated heterocycles. The molecule has 0 unspecified atom stereocenters. The second kappa shape index (κ2) is 7.51. The van der Waals surface area contributed by atoms with Crippen LogP contribution in [0.25, 0.3) is 0 Å². The third-order valence-electron chi connectivity index (χ3n) is 3.74. The predicted molar refractivity (Wildman–Crippen MR) is 92.5 cm³/mol. The van der Waals surface area contributed by atoms with Crippen LogP contribution in [0.2, 0.25) is 5.02 Å². The molecule has 0 aromatic heterocycles. The van der Waals surface area contributed by atoms with E-state index in [1.54, 1.807) is 6.07 Å². The zero-order valence-electron chi connectivity index (χ0n) is 13.5. The van der Waals surface area contributed by atoms with Crippen LogP contribution in [0.3, 0.4) is 0 Å². The van der Waals surface area contributed by atoms with E-state index in [4.69, 9.17) is 16.3 Å². The summed E-state index contributed by atoms with van der Waals surface area (Å²) in [6.07, 6.45) is -0.685. The third kappa shape index (κ3) is 4.49. The van der Waals surface area contributed by atoms with E-state index in [1.807, 2.05) is 43.3 Å². The van der Waals surface area contributed by atoms with Gasteiger partial charge in [0.25, 0.3) is 0 Å². The van der Waals surface area contributed by atoms with Gasteiger partial charge in [0.2, 0.25) is 0 Å². The van der Waals surface area contributed by atoms with Crippen molar-refractivity contribution < 1.29 is 14.6 Å². The lowest BCUT2D eigenvalue weighted by Crippen LogP contribution is -2.29. The SMILES string of the molecule is Cc1ccc(C[C@@H](Oc2ccccc2C(C)C)C(=O)O)cc1Cl. The predicted octanol–water partition coefficient (Wildman–Crippen LogP) is 4.85. The summed E-state index contributed by atoms with van der Waals surface area (Å²) in [6, 6.07) is 13.1. The van der Waals surface area contributed by atoms with E-state index in [0.29, 0.717) is 10.8 Å². The first-order valence-corrected chi connectivity index (χ1v) is 7.99. The smallest absolute Gasteiger partial charge is 0.345 e. The van der Waals surface area contributed by atoms with Crippen molar-refractivity contribution in [3.8, 4) is 5.75 Å². The number of carboxylic acid groups (broad SMARTS) is 1. The third-order valence-corrected chi connectivity index (χ3v) is 4.15. The largest absolute Gasteiger partial charge is 0.478 e. The van der Waals surface area contributed by atoms with Gasteiger partial charge in [0.15, 0.2) is 6.10 Å². The fraction of sp³-hybridized carbons (Fsp3) is 0.316. The van der Waals surface area contributed by atoms with Gasteiger partial charge in [-0.25, -0.2) is 4.79 Å². The lowest BCUT2D eigenvalue weighted by Gasteiger charge is -2.19. The van der Waals surface area contributed by atoms with E-state index in [2.05, 4.69) is 13.8 Å². The number of ether oxygens (including phenoxy) is 1. The zero-order valence-corrected chi connectivity index (χ0v) is 14.3. The quantitative estimate of drug-likeness (QED) is 0.822. The number of carboxylic acids is 1. The minimum Gasteiger partial charge on any atom is -0.478 e. The molecule has 0 aliphatic rings. The molecule has 0 saturated carbocycles. The van der Waals surface area contributed by atoms with Gasteiger partial charge in [0, 0.05) is 11.4 Å². The van der Waals surface area contributed by atoms with Crippen LogP contribution in [0.15, 0.2) is 42.5 Å². The van der Waals surface area contributed by atoms with Gasteiger partial charge < -0.3 is 9.84 Å². The molecule has 0 aliphatic heterocycles. The number of aliphatic carboxylic acids is 1. The minimum absolute atomic E-state index is 0.259. The molecular formula is C19H21ClO3. The van der Waals surface area contributed by atoms with Crippen LogP contribution < -0.4 is 4.74 Å². The molecule has 1 atom stereocenters. The fourth-order valence-electron chi connectivity index (χ4n) is 2.37. The van der Waals surface area contributed by atoms with Gasteiger partial charge in [-0.15, -0.1) is 0 Å². The standard InChI is InChI=1S/C19H21ClO3/c1-12(2)15-6-4-5-7-17(15)23-18(19(21)22)11-14-9-8-13(3)16(20)10-14/h4-10,12,18H,11H2,1-3H3,(H,21,22)/t18-/m1/s1. The zero-order chi connectivity index (χ0) is 17.0. The number of rotatable bonds is 6. The number of halogens is 1. The first kappa shape index (κ1) is 17.4. The Kier molecular flexibility index (Phi) is 5.67. The van der Waals surface area contributed by atoms with Gasteiger partial charge in [0.05, 0.1) is 0 Å². The normalized spacial score (nSPS) is 12.2. The molecule has 23 heavy (non-hydrogen) atoms. The van der Waals surface area contributed by atoms with Gasteiger partial charge in [0.1, 0.15) is 5.75 Å². The second-order valence-corrected chi connectivity index (χ2v) is 6.33. The van der Waals surface area contributed by atoms with Crippen molar-refractivity contribution in [2.75, 3.05) is 0 Å². The molecule has 4 heteroatoms. The highest BCUT2D eigenvalue weighted by atomic mass is 35.5. The Bertz CT molecular complexity index is 695. The van der Waals surface area contributed by atoms with Crippen LogP contribution >= 0.6 is 11.6 Å². The van der Waals surface area contributed by atoms with Crippen molar-refractivity contribution in [2.45, 2.75) is 39.2 Å². The highest BCUT2D eigenvalue weighted by molar-refractivity contribution is 6.31. The second-order valence-electron chi connectivity index (χ2n) is 5.92. The maximum atomic E-state index is 11.6. The van der Waals surface area contributed by atoms with Crippen molar-refractivity contribution in [3.63, 3.8) is 0 Å². The number of aryl methyl sites for hydroxylation is 1. The van der Waals surface area contributed by atoms with E-state index >= 15 is 0 Å². The summed E-state index contributed by atoms with van der Waals surface area (Å²) in [5.74, 6) is -0.108. The van der Waals surface area contributed by atoms with Crippen LogP contribution in [0.5, 0.6) is 5.75 Å². The molecule has 3 nitrogen and oxygen atoms in total. The van der Waals surface area contributed by atoms with Crippen LogP contribution in [-0.4, -0.2) is 17.2 Å². The lowest BCUT2D eigenvalue weighted by molar-refractivity contribution is -0.145. The summed E-state index contributed by atoms with van der Waals surface area (Å²) in [5, 5.41) is 10.1. The Morgan fingerprint density at radius 3 is 2.52 bits per heavy atom. The van der Waals surface area contributed by atoms with Crippen molar-refractivity contribution in [1.82, 2.24) is 0 Å². The van der Waals surface area contributed by atoms with E-state index in [-0.39, 0.29) is 12.3 Å². The number of hydrogen-bond donors (Lipinski definition) is 1. The summed E-state index contributed by atoms with van der Waals surface area (Å²) in [7, 11) is 0. The highest BCUT2D eigenvalue weighted by Gasteiger charge is 2.22. The molecule has 1 N–H and O–H groups in total. The Balaban J connectivity index is 2.23. The molecular weight excluding hydrogens is 312 g/mol. The summed E-state index contributed by atoms with van der Waals surface area (Å²) < 4.78 is 5.80. The van der Waals surface area contributed by atoms with Gasteiger partial charge in [-0.1, -0.05) is 55.8 Å². The fourth-order valence-corrected chi connectivity index (χ4v) is 2.58.